The maximum absolute atomic E-state index is 12.8. The predicted molar refractivity (Wildman–Crippen MR) is 74.2 cm³/mol. The maximum Gasteiger partial charge on any atom is 0.412 e. The van der Waals surface area contributed by atoms with Gasteiger partial charge in [-0.3, -0.25) is 0 Å². The fourth-order valence-electron chi connectivity index (χ4n) is 2.57. The molecule has 0 bridgehead atoms. The number of alkyl halides is 3. The molecular weight excluding hydrogens is 301 g/mol. The van der Waals surface area contributed by atoms with Crippen LogP contribution in [0.3, 0.4) is 0 Å². The normalized spacial score (nSPS) is 18.7. The van der Waals surface area contributed by atoms with Gasteiger partial charge in [0.15, 0.2) is 0 Å². The van der Waals surface area contributed by atoms with E-state index in [1.165, 1.54) is 11.3 Å². The zero-order valence-corrected chi connectivity index (χ0v) is 12.2. The molecule has 3 nitrogen and oxygen atoms in total. The van der Waals surface area contributed by atoms with E-state index in [4.69, 9.17) is 0 Å². The number of nitrogens with zero attached hydrogens (tertiary/aromatic N) is 1. The number of allylic oxidation sites excluding steroid dienone is 3. The van der Waals surface area contributed by atoms with Crippen molar-refractivity contribution in [2.24, 2.45) is 0 Å². The first-order valence-electron chi connectivity index (χ1n) is 6.73. The number of aryl methyl sites for hydroxylation is 1. The summed E-state index contributed by atoms with van der Waals surface area (Å²) in [6.45, 7) is 2.39. The Balaban J connectivity index is 2.01. The monoisotopic (exact) mass is 315 g/mol. The highest BCUT2D eigenvalue weighted by Crippen LogP contribution is 2.40. The highest BCUT2D eigenvalue weighted by Gasteiger charge is 2.41. The molecule has 1 N–H and O–H groups in total. The molecule has 1 aliphatic heterocycles. The molecule has 2 aliphatic rings. The second-order valence-electron chi connectivity index (χ2n) is 5.07. The van der Waals surface area contributed by atoms with Crippen LogP contribution >= 0.6 is 11.3 Å². The first-order valence-corrected chi connectivity index (χ1v) is 7.55. The highest BCUT2D eigenvalue weighted by molar-refractivity contribution is 7.15. The van der Waals surface area contributed by atoms with Crippen LogP contribution < -0.4 is 5.32 Å². The summed E-state index contributed by atoms with van der Waals surface area (Å²) in [5.74, 6) is 0. The Morgan fingerprint density at radius 2 is 2.14 bits per heavy atom. The van der Waals surface area contributed by atoms with Crippen molar-refractivity contribution < 1.29 is 17.9 Å². The molecule has 0 aromatic carbocycles. The molecule has 1 aromatic heterocycles. The van der Waals surface area contributed by atoms with Crippen LogP contribution in [-0.4, -0.2) is 10.9 Å². The van der Waals surface area contributed by atoms with Crippen molar-refractivity contribution >= 4 is 16.3 Å². The van der Waals surface area contributed by atoms with Gasteiger partial charge >= 0.3 is 11.2 Å². The molecule has 0 amide bonds. The summed E-state index contributed by atoms with van der Waals surface area (Å²) in [6, 6.07) is 1.95. The van der Waals surface area contributed by atoms with Crippen molar-refractivity contribution in [2.45, 2.75) is 38.9 Å². The number of rotatable bonds is 1. The smallest absolute Gasteiger partial charge is 0.375 e. The number of hydrogen-bond donors (Lipinski definition) is 1. The third-order valence-corrected chi connectivity index (χ3v) is 5.00. The van der Waals surface area contributed by atoms with Gasteiger partial charge in [-0.05, 0) is 25.0 Å². The molecule has 7 heteroatoms. The minimum atomic E-state index is -4.33. The minimum absolute atomic E-state index is 0.107. The van der Waals surface area contributed by atoms with E-state index < -0.39 is 11.7 Å². The lowest BCUT2D eigenvalue weighted by atomic mass is 10.00. The molecule has 0 spiro atoms. The lowest BCUT2D eigenvalue weighted by Gasteiger charge is -2.16. The largest absolute Gasteiger partial charge is 0.412 e. The summed E-state index contributed by atoms with van der Waals surface area (Å²) in [6.07, 6.45) is -2.46. The van der Waals surface area contributed by atoms with Gasteiger partial charge < -0.3 is 5.32 Å². The Kier molecular flexibility index (Phi) is 3.39. The van der Waals surface area contributed by atoms with Crippen molar-refractivity contribution in [3.63, 3.8) is 0 Å². The van der Waals surface area contributed by atoms with Crippen LogP contribution in [0.15, 0.2) is 29.1 Å². The summed E-state index contributed by atoms with van der Waals surface area (Å²) in [4.78, 5) is 13.6. The van der Waals surface area contributed by atoms with Gasteiger partial charge in [0.2, 0.25) is 0 Å². The van der Waals surface area contributed by atoms with Crippen molar-refractivity contribution in [3.8, 4) is 0 Å². The summed E-state index contributed by atoms with van der Waals surface area (Å²) in [5, 5.41) is 3.57. The molecule has 2 heterocycles. The zero-order valence-electron chi connectivity index (χ0n) is 11.4. The van der Waals surface area contributed by atoms with E-state index in [0.717, 1.165) is 27.7 Å². The van der Waals surface area contributed by atoms with Crippen molar-refractivity contribution in [3.05, 3.63) is 44.5 Å². The second kappa shape index (κ2) is 4.98. The molecule has 1 aliphatic carbocycles. The molecule has 0 atom stereocenters. The molecule has 112 valence electrons. The van der Waals surface area contributed by atoms with E-state index in [9.17, 15) is 18.1 Å². The molecule has 0 saturated heterocycles. The van der Waals surface area contributed by atoms with Gasteiger partial charge in [-0.2, -0.15) is 13.2 Å². The Bertz CT molecular complexity index is 670. The predicted octanol–water partition coefficient (Wildman–Crippen LogP) is 4.32. The average Bonchev–Trinajstić information content (AvgIpc) is 2.81. The van der Waals surface area contributed by atoms with Crippen molar-refractivity contribution in [1.29, 1.82) is 0 Å². The Morgan fingerprint density at radius 1 is 1.38 bits per heavy atom. The lowest BCUT2D eigenvalue weighted by molar-refractivity contribution is -0.407. The van der Waals surface area contributed by atoms with E-state index in [0.29, 0.717) is 22.9 Å². The van der Waals surface area contributed by atoms with Crippen LogP contribution in [0.1, 0.15) is 30.2 Å². The van der Waals surface area contributed by atoms with E-state index in [1.807, 2.05) is 13.0 Å². The third kappa shape index (κ3) is 2.50. The standard InChI is InChI=1S/C14H14F3N2OS/c1-2-10-5-8-7-18-11-6-9(14(15,16)17)3-4-12(11)19(20)13(8)21-10/h5-6,18H,2-4,7H2,1H3/q+1. The van der Waals surface area contributed by atoms with Gasteiger partial charge in [0, 0.05) is 28.3 Å². The summed E-state index contributed by atoms with van der Waals surface area (Å²) in [7, 11) is 0. The second-order valence-corrected chi connectivity index (χ2v) is 6.19. The highest BCUT2D eigenvalue weighted by atomic mass is 32.1. The van der Waals surface area contributed by atoms with E-state index in [1.54, 1.807) is 0 Å². The van der Waals surface area contributed by atoms with Crippen LogP contribution in [0, 0.1) is 4.91 Å². The molecule has 3 rings (SSSR count). The summed E-state index contributed by atoms with van der Waals surface area (Å²) < 4.78 is 39.2. The summed E-state index contributed by atoms with van der Waals surface area (Å²) in [5.41, 5.74) is 0.959. The molecule has 0 saturated carbocycles. The Hall–Kier alpha value is -1.63. The van der Waals surface area contributed by atoms with E-state index in [-0.39, 0.29) is 12.8 Å². The van der Waals surface area contributed by atoms with Crippen molar-refractivity contribution in [2.75, 3.05) is 0 Å². The molecular formula is C14H14F3N2OS+. The molecule has 0 radical (unpaired) electrons. The minimum Gasteiger partial charge on any atom is -0.375 e. The first kappa shape index (κ1) is 14.3. The molecule has 1 aromatic rings. The summed E-state index contributed by atoms with van der Waals surface area (Å²) >= 11 is 1.42. The Labute approximate surface area is 123 Å². The fourth-order valence-corrected chi connectivity index (χ4v) is 3.62. The SMILES string of the molecule is CCc1cc2c(s1)[N+](=O)C1=C(C=C(C(F)(F)F)CC1)NC2. The van der Waals surface area contributed by atoms with Crippen LogP contribution in [0.4, 0.5) is 18.2 Å². The molecule has 0 unspecified atom stereocenters. The van der Waals surface area contributed by atoms with E-state index in [2.05, 4.69) is 5.32 Å². The van der Waals surface area contributed by atoms with Crippen LogP contribution in [0.25, 0.3) is 0 Å². The number of nitrogens with one attached hydrogen (secondary N) is 1. The van der Waals surface area contributed by atoms with Gasteiger partial charge in [-0.15, -0.1) is 0 Å². The van der Waals surface area contributed by atoms with Gasteiger partial charge in [0.05, 0.1) is 10.3 Å². The Morgan fingerprint density at radius 3 is 2.81 bits per heavy atom. The molecule has 21 heavy (non-hydrogen) atoms. The van der Waals surface area contributed by atoms with Crippen LogP contribution in [-0.2, 0) is 13.0 Å². The van der Waals surface area contributed by atoms with Crippen LogP contribution in [0.2, 0.25) is 0 Å². The van der Waals surface area contributed by atoms with Gasteiger partial charge in [0.1, 0.15) is 5.70 Å². The van der Waals surface area contributed by atoms with Gasteiger partial charge in [-0.25, -0.2) is 0 Å². The lowest BCUT2D eigenvalue weighted by Crippen LogP contribution is -2.21. The van der Waals surface area contributed by atoms with Crippen molar-refractivity contribution in [1.82, 2.24) is 5.32 Å². The number of fused-ring (bicyclic) bond motifs is 1. The quantitative estimate of drug-likeness (QED) is 0.783. The first-order chi connectivity index (χ1) is 9.90. The fraction of sp³-hybridized carbons (Fsp3) is 0.429. The third-order valence-electron chi connectivity index (χ3n) is 3.71. The number of halogens is 3. The van der Waals surface area contributed by atoms with Gasteiger partial charge in [-0.1, -0.05) is 18.3 Å². The topological polar surface area (TPSA) is 32.1 Å². The van der Waals surface area contributed by atoms with Gasteiger partial charge in [0.25, 0.3) is 5.70 Å². The number of nitroso groups, excluding NO2 is 1. The van der Waals surface area contributed by atoms with E-state index >= 15 is 0 Å². The molecule has 0 fully saturated rings. The zero-order chi connectivity index (χ0) is 15.2. The number of thiophene rings is 1. The van der Waals surface area contributed by atoms with Crippen LogP contribution in [0.5, 0.6) is 0 Å². The number of hydrogen-bond acceptors (Lipinski definition) is 3. The maximum atomic E-state index is 12.8. The average molecular weight is 315 g/mol.